The lowest BCUT2D eigenvalue weighted by Crippen LogP contribution is -2.47. The van der Waals surface area contributed by atoms with Gasteiger partial charge in [-0.3, -0.25) is 9.59 Å². The van der Waals surface area contributed by atoms with E-state index in [4.69, 9.17) is 4.74 Å². The van der Waals surface area contributed by atoms with Crippen molar-refractivity contribution in [1.82, 2.24) is 15.1 Å². The average molecular weight is 438 g/mol. The highest BCUT2D eigenvalue weighted by molar-refractivity contribution is 5.98. The first-order valence-corrected chi connectivity index (χ1v) is 11.6. The number of methoxy groups -OCH3 is 1. The molecule has 3 rings (SSSR count). The van der Waals surface area contributed by atoms with Crippen LogP contribution in [0, 0.1) is 5.92 Å². The molecule has 0 aromatic heterocycles. The van der Waals surface area contributed by atoms with E-state index in [1.807, 2.05) is 35.2 Å². The normalized spacial score (nSPS) is 15.4. The molecule has 172 valence electrons. The van der Waals surface area contributed by atoms with Crippen molar-refractivity contribution in [1.29, 1.82) is 0 Å². The minimum atomic E-state index is -0.704. The maximum atomic E-state index is 13.5. The predicted octanol–water partition coefficient (Wildman–Crippen LogP) is 3.75. The van der Waals surface area contributed by atoms with Crippen molar-refractivity contribution in [2.45, 2.75) is 32.7 Å². The summed E-state index contributed by atoms with van der Waals surface area (Å²) in [5.74, 6) is 0.985. The fourth-order valence-electron chi connectivity index (χ4n) is 4.26. The van der Waals surface area contributed by atoms with Gasteiger partial charge >= 0.3 is 0 Å². The van der Waals surface area contributed by atoms with Gasteiger partial charge in [-0.2, -0.15) is 0 Å². The molecule has 0 unspecified atom stereocenters. The van der Waals surface area contributed by atoms with Gasteiger partial charge in [0, 0.05) is 25.2 Å². The van der Waals surface area contributed by atoms with E-state index in [0.717, 1.165) is 51.1 Å². The van der Waals surface area contributed by atoms with Crippen molar-refractivity contribution in [2.75, 3.05) is 39.8 Å². The van der Waals surface area contributed by atoms with Gasteiger partial charge in [0.05, 0.1) is 7.11 Å². The molecule has 1 saturated heterocycles. The Morgan fingerprint density at radius 1 is 1.03 bits per heavy atom. The Bertz CT molecular complexity index is 858. The molecule has 2 aromatic rings. The number of nitrogens with zero attached hydrogens (tertiary/aromatic N) is 2. The standard InChI is InChI=1S/C26H35N3O3/c1-4-28(5-2)19-20-15-17-29(18-16-20)26(31)24(21-9-7-6-8-10-21)27-25(30)22-11-13-23(32-3)14-12-22/h6-14,20,24H,4-5,15-19H2,1-3H3,(H,27,30)/t24-/m1/s1. The van der Waals surface area contributed by atoms with Gasteiger partial charge in [0.1, 0.15) is 11.8 Å². The number of benzene rings is 2. The summed E-state index contributed by atoms with van der Waals surface area (Å²) in [4.78, 5) is 30.8. The third-order valence-corrected chi connectivity index (χ3v) is 6.34. The van der Waals surface area contributed by atoms with Gasteiger partial charge in [-0.05, 0) is 61.7 Å². The minimum Gasteiger partial charge on any atom is -0.497 e. The molecule has 0 spiro atoms. The van der Waals surface area contributed by atoms with Crippen LogP contribution in [0.4, 0.5) is 0 Å². The van der Waals surface area contributed by atoms with Gasteiger partial charge in [0.15, 0.2) is 0 Å². The maximum absolute atomic E-state index is 13.5. The van der Waals surface area contributed by atoms with E-state index < -0.39 is 6.04 Å². The largest absolute Gasteiger partial charge is 0.497 e. The first-order valence-electron chi connectivity index (χ1n) is 11.6. The Morgan fingerprint density at radius 2 is 1.66 bits per heavy atom. The van der Waals surface area contributed by atoms with Gasteiger partial charge in [-0.15, -0.1) is 0 Å². The third-order valence-electron chi connectivity index (χ3n) is 6.34. The third kappa shape index (κ3) is 6.10. The molecule has 1 N–H and O–H groups in total. The summed E-state index contributed by atoms with van der Waals surface area (Å²) in [7, 11) is 1.59. The predicted molar refractivity (Wildman–Crippen MR) is 127 cm³/mol. The summed E-state index contributed by atoms with van der Waals surface area (Å²) in [6.07, 6.45) is 1.99. The van der Waals surface area contributed by atoms with Gasteiger partial charge in [0.2, 0.25) is 5.91 Å². The molecule has 1 aliphatic heterocycles. The number of amides is 2. The first-order chi connectivity index (χ1) is 15.5. The van der Waals surface area contributed by atoms with Crippen LogP contribution in [0.5, 0.6) is 5.75 Å². The Morgan fingerprint density at radius 3 is 2.22 bits per heavy atom. The lowest BCUT2D eigenvalue weighted by Gasteiger charge is -2.36. The van der Waals surface area contributed by atoms with Crippen LogP contribution in [0.15, 0.2) is 54.6 Å². The number of piperidine rings is 1. The van der Waals surface area contributed by atoms with E-state index in [1.54, 1.807) is 31.4 Å². The summed E-state index contributed by atoms with van der Waals surface area (Å²) in [5, 5.41) is 2.97. The van der Waals surface area contributed by atoms with Crippen molar-refractivity contribution < 1.29 is 14.3 Å². The molecule has 1 heterocycles. The van der Waals surface area contributed by atoms with Crippen LogP contribution in [0.2, 0.25) is 0 Å². The van der Waals surface area contributed by atoms with Crippen molar-refractivity contribution >= 4 is 11.8 Å². The zero-order chi connectivity index (χ0) is 22.9. The quantitative estimate of drug-likeness (QED) is 0.649. The van der Waals surface area contributed by atoms with Gasteiger partial charge < -0.3 is 19.9 Å². The molecule has 1 aliphatic rings. The lowest BCUT2D eigenvalue weighted by atomic mass is 9.95. The number of hydrogen-bond acceptors (Lipinski definition) is 4. The first kappa shape index (κ1) is 23.8. The smallest absolute Gasteiger partial charge is 0.252 e. The second-order valence-corrected chi connectivity index (χ2v) is 8.30. The number of hydrogen-bond donors (Lipinski definition) is 1. The summed E-state index contributed by atoms with van der Waals surface area (Å²) >= 11 is 0. The van der Waals surface area contributed by atoms with Crippen molar-refractivity contribution in [3.63, 3.8) is 0 Å². The SMILES string of the molecule is CCN(CC)CC1CCN(C(=O)[C@H](NC(=O)c2ccc(OC)cc2)c2ccccc2)CC1. The Hall–Kier alpha value is -2.86. The molecule has 0 aliphatic carbocycles. The van der Waals surface area contributed by atoms with Crippen molar-refractivity contribution in [3.8, 4) is 5.75 Å². The van der Waals surface area contributed by atoms with Crippen LogP contribution >= 0.6 is 0 Å². The fourth-order valence-corrected chi connectivity index (χ4v) is 4.26. The molecular weight excluding hydrogens is 402 g/mol. The van der Waals surface area contributed by atoms with Gasteiger partial charge in [0.25, 0.3) is 5.91 Å². The number of carbonyl (C=O) groups is 2. The zero-order valence-corrected chi connectivity index (χ0v) is 19.4. The summed E-state index contributed by atoms with van der Waals surface area (Å²) in [6.45, 7) is 9.05. The molecule has 32 heavy (non-hydrogen) atoms. The minimum absolute atomic E-state index is 0.0423. The zero-order valence-electron chi connectivity index (χ0n) is 19.4. The van der Waals surface area contributed by atoms with Gasteiger partial charge in [-0.25, -0.2) is 0 Å². The molecule has 6 nitrogen and oxygen atoms in total. The Balaban J connectivity index is 1.69. The number of carbonyl (C=O) groups excluding carboxylic acids is 2. The van der Waals surface area contributed by atoms with Crippen molar-refractivity contribution in [3.05, 3.63) is 65.7 Å². The van der Waals surface area contributed by atoms with Gasteiger partial charge in [-0.1, -0.05) is 44.2 Å². The van der Waals surface area contributed by atoms with Crippen LogP contribution in [0.3, 0.4) is 0 Å². The second-order valence-electron chi connectivity index (χ2n) is 8.30. The van der Waals surface area contributed by atoms with E-state index >= 15 is 0 Å². The van der Waals surface area contributed by atoms with E-state index in [1.165, 1.54) is 0 Å². The van der Waals surface area contributed by atoms with Crippen LogP contribution in [0.1, 0.15) is 48.7 Å². The maximum Gasteiger partial charge on any atom is 0.252 e. The summed E-state index contributed by atoms with van der Waals surface area (Å²) < 4.78 is 5.17. The molecule has 0 radical (unpaired) electrons. The summed E-state index contributed by atoms with van der Waals surface area (Å²) in [5.41, 5.74) is 1.29. The second kappa shape index (κ2) is 11.7. The highest BCUT2D eigenvalue weighted by Gasteiger charge is 2.31. The van der Waals surface area contributed by atoms with E-state index in [2.05, 4.69) is 24.1 Å². The molecule has 2 amide bonds. The van der Waals surface area contributed by atoms with Crippen molar-refractivity contribution in [2.24, 2.45) is 5.92 Å². The molecule has 2 aromatic carbocycles. The molecule has 0 bridgehead atoms. The number of likely N-dealkylation sites (tertiary alicyclic amines) is 1. The highest BCUT2D eigenvalue weighted by atomic mass is 16.5. The molecular formula is C26H35N3O3. The van der Waals surface area contributed by atoms with Crippen LogP contribution in [-0.2, 0) is 4.79 Å². The molecule has 0 saturated carbocycles. The summed E-state index contributed by atoms with van der Waals surface area (Å²) in [6, 6.07) is 15.7. The van der Waals surface area contributed by atoms with E-state index in [0.29, 0.717) is 17.2 Å². The molecule has 1 atom stereocenters. The Labute approximate surface area is 191 Å². The topological polar surface area (TPSA) is 61.9 Å². The van der Waals surface area contributed by atoms with E-state index in [-0.39, 0.29) is 11.8 Å². The number of rotatable bonds is 9. The highest BCUT2D eigenvalue weighted by Crippen LogP contribution is 2.23. The van der Waals surface area contributed by atoms with E-state index in [9.17, 15) is 9.59 Å². The number of ether oxygens (including phenoxy) is 1. The van der Waals surface area contributed by atoms with Crippen LogP contribution in [0.25, 0.3) is 0 Å². The molecule has 6 heteroatoms. The monoisotopic (exact) mass is 437 g/mol. The average Bonchev–Trinajstić information content (AvgIpc) is 2.86. The number of nitrogens with one attached hydrogen (secondary N) is 1. The molecule has 1 fully saturated rings. The fraction of sp³-hybridized carbons (Fsp3) is 0.462. The van der Waals surface area contributed by atoms with Crippen LogP contribution in [-0.4, -0.2) is 61.4 Å². The Kier molecular flexibility index (Phi) is 8.68. The lowest BCUT2D eigenvalue weighted by molar-refractivity contribution is -0.134. The van der Waals surface area contributed by atoms with Crippen LogP contribution < -0.4 is 10.1 Å².